The zero-order chi connectivity index (χ0) is 23.0. The summed E-state index contributed by atoms with van der Waals surface area (Å²) < 4.78 is 6.98. The Morgan fingerprint density at radius 3 is 2.72 bits per heavy atom. The van der Waals surface area contributed by atoms with Gasteiger partial charge in [-0.3, -0.25) is 9.59 Å². The number of aryl methyl sites for hydroxylation is 1. The minimum atomic E-state index is -0.445. The van der Waals surface area contributed by atoms with Crippen molar-refractivity contribution in [2.45, 2.75) is 56.7 Å². The number of carbonyl (C=O) groups is 2. The van der Waals surface area contributed by atoms with E-state index >= 15 is 0 Å². The van der Waals surface area contributed by atoms with Gasteiger partial charge in [-0.05, 0) is 31.7 Å². The monoisotopic (exact) mass is 493 g/mol. The molecule has 3 aromatic rings. The van der Waals surface area contributed by atoms with Crippen molar-refractivity contribution >= 4 is 56.3 Å². The summed E-state index contributed by atoms with van der Waals surface area (Å²) in [5.41, 5.74) is 1.07. The van der Waals surface area contributed by atoms with Crippen LogP contribution in [0.4, 0.5) is 5.00 Å². The third-order valence-corrected chi connectivity index (χ3v) is 8.10. The van der Waals surface area contributed by atoms with E-state index in [1.165, 1.54) is 39.0 Å². The predicted octanol–water partition coefficient (Wildman–Crippen LogP) is 3.30. The van der Waals surface area contributed by atoms with Crippen LogP contribution in [0, 0.1) is 0 Å². The molecule has 1 amide bonds. The van der Waals surface area contributed by atoms with Gasteiger partial charge >= 0.3 is 5.97 Å². The van der Waals surface area contributed by atoms with Gasteiger partial charge in [-0.25, -0.2) is 4.79 Å². The van der Waals surface area contributed by atoms with Gasteiger partial charge in [-0.2, -0.15) is 4.52 Å². The Labute approximate surface area is 196 Å². The highest BCUT2D eigenvalue weighted by Crippen LogP contribution is 2.39. The molecule has 0 bridgehead atoms. The van der Waals surface area contributed by atoms with Crippen molar-refractivity contribution < 1.29 is 14.3 Å². The summed E-state index contributed by atoms with van der Waals surface area (Å²) in [6.07, 6.45) is 2.74. The lowest BCUT2D eigenvalue weighted by Crippen LogP contribution is -2.30. The number of nitrogens with zero attached hydrogens (tertiary/aromatic N) is 4. The first-order valence-corrected chi connectivity index (χ1v) is 12.8. The molecule has 0 saturated heterocycles. The normalized spacial score (nSPS) is 13.4. The number of thiophene rings is 1. The van der Waals surface area contributed by atoms with Crippen LogP contribution in [0.5, 0.6) is 0 Å². The molecule has 4 rings (SSSR count). The molecule has 1 aliphatic rings. The molecule has 9 nitrogen and oxygen atoms in total. The third-order valence-electron chi connectivity index (χ3n) is 4.86. The van der Waals surface area contributed by atoms with E-state index in [9.17, 15) is 14.4 Å². The number of hydrogen-bond donors (Lipinski definition) is 1. The molecule has 3 heterocycles. The zero-order valence-corrected chi connectivity index (χ0v) is 20.6. The Bertz CT molecular complexity index is 1250. The van der Waals surface area contributed by atoms with Crippen LogP contribution in [0.1, 0.15) is 60.6 Å². The summed E-state index contributed by atoms with van der Waals surface area (Å²) in [7, 11) is 0. The van der Waals surface area contributed by atoms with Gasteiger partial charge < -0.3 is 10.1 Å². The number of thioether (sulfide) groups is 1. The lowest BCUT2D eigenvalue weighted by atomic mass is 9.93. The van der Waals surface area contributed by atoms with E-state index in [1.807, 2.05) is 20.8 Å². The van der Waals surface area contributed by atoms with Crippen molar-refractivity contribution in [3.63, 3.8) is 0 Å². The van der Waals surface area contributed by atoms with Gasteiger partial charge in [-0.15, -0.1) is 26.6 Å². The molecular formula is C20H23N5O4S3. The molecule has 1 N–H and O–H groups in total. The lowest BCUT2D eigenvalue weighted by Gasteiger charge is -2.14. The molecule has 32 heavy (non-hydrogen) atoms. The van der Waals surface area contributed by atoms with Crippen LogP contribution in [0.3, 0.4) is 0 Å². The number of ether oxygens (including phenoxy) is 1. The molecule has 1 aliphatic carbocycles. The Hall–Kier alpha value is -2.31. The van der Waals surface area contributed by atoms with Gasteiger partial charge in [0.15, 0.2) is 4.34 Å². The number of anilines is 1. The van der Waals surface area contributed by atoms with Crippen molar-refractivity contribution in [1.29, 1.82) is 0 Å². The minimum Gasteiger partial charge on any atom is -0.462 e. The molecule has 0 aromatic carbocycles. The summed E-state index contributed by atoms with van der Waals surface area (Å²) in [4.78, 5) is 39.2. The molecular weight excluding hydrogens is 470 g/mol. The van der Waals surface area contributed by atoms with Gasteiger partial charge in [0.25, 0.3) is 5.56 Å². The quantitative estimate of drug-likeness (QED) is 0.411. The first-order valence-electron chi connectivity index (χ1n) is 10.2. The van der Waals surface area contributed by atoms with E-state index in [0.29, 0.717) is 25.6 Å². The van der Waals surface area contributed by atoms with Crippen LogP contribution in [0.2, 0.25) is 0 Å². The Kier molecular flexibility index (Phi) is 6.37. The van der Waals surface area contributed by atoms with E-state index in [-0.39, 0.29) is 23.8 Å². The molecule has 12 heteroatoms. The maximum absolute atomic E-state index is 12.7. The summed E-state index contributed by atoms with van der Waals surface area (Å²) in [6.45, 7) is 7.72. The second kappa shape index (κ2) is 8.91. The van der Waals surface area contributed by atoms with E-state index in [4.69, 9.17) is 4.74 Å². The first kappa shape index (κ1) is 22.9. The van der Waals surface area contributed by atoms with E-state index in [0.717, 1.165) is 29.7 Å². The number of fused-ring (bicyclic) bond motifs is 2. The first-order chi connectivity index (χ1) is 15.2. The fraction of sp³-hybridized carbons (Fsp3) is 0.500. The highest BCUT2D eigenvalue weighted by Gasteiger charge is 2.28. The van der Waals surface area contributed by atoms with Gasteiger partial charge in [0.2, 0.25) is 10.9 Å². The van der Waals surface area contributed by atoms with E-state index in [2.05, 4.69) is 20.6 Å². The summed E-state index contributed by atoms with van der Waals surface area (Å²) >= 11 is 3.85. The minimum absolute atomic E-state index is 0.0823. The summed E-state index contributed by atoms with van der Waals surface area (Å²) in [6, 6.07) is 0. The fourth-order valence-corrected chi connectivity index (χ4v) is 6.39. The summed E-state index contributed by atoms with van der Waals surface area (Å²) in [5.74, 6) is -0.568. The number of rotatable bonds is 6. The van der Waals surface area contributed by atoms with Gasteiger partial charge in [0.1, 0.15) is 10.7 Å². The number of esters is 1. The van der Waals surface area contributed by atoms with Crippen LogP contribution < -0.4 is 10.9 Å². The van der Waals surface area contributed by atoms with Crippen LogP contribution in [-0.2, 0) is 27.8 Å². The molecule has 170 valence electrons. The molecule has 0 saturated carbocycles. The number of amides is 1. The van der Waals surface area contributed by atoms with Crippen molar-refractivity contribution in [1.82, 2.24) is 19.8 Å². The van der Waals surface area contributed by atoms with Gasteiger partial charge in [-0.1, -0.05) is 43.9 Å². The van der Waals surface area contributed by atoms with Crippen LogP contribution in [0.15, 0.2) is 9.13 Å². The Morgan fingerprint density at radius 1 is 1.22 bits per heavy atom. The maximum Gasteiger partial charge on any atom is 0.341 e. The van der Waals surface area contributed by atoms with E-state index in [1.54, 1.807) is 6.92 Å². The number of aromatic nitrogens is 4. The standard InChI is InChI=1S/C20H23N5O4S3/c1-5-29-17(28)13-10-7-6-8-11(10)31-15(13)21-12(26)9-30-19-24-25-16(27)14(20(2,3)4)22-23-18(25)32-19/h5-9H2,1-4H3,(H,21,26). The van der Waals surface area contributed by atoms with Gasteiger partial charge in [0, 0.05) is 10.3 Å². The number of hydrogen-bond acceptors (Lipinski definition) is 10. The van der Waals surface area contributed by atoms with Gasteiger partial charge in [0.05, 0.1) is 17.9 Å². The van der Waals surface area contributed by atoms with Crippen LogP contribution in [0.25, 0.3) is 4.96 Å². The second-order valence-corrected chi connectivity index (χ2v) is 11.6. The highest BCUT2D eigenvalue weighted by molar-refractivity contribution is 8.01. The maximum atomic E-state index is 12.7. The number of carbonyl (C=O) groups excluding carboxylic acids is 2. The molecule has 0 atom stereocenters. The van der Waals surface area contributed by atoms with E-state index < -0.39 is 11.4 Å². The van der Waals surface area contributed by atoms with Crippen LogP contribution >= 0.6 is 34.4 Å². The lowest BCUT2D eigenvalue weighted by molar-refractivity contribution is -0.113. The highest BCUT2D eigenvalue weighted by atomic mass is 32.2. The van der Waals surface area contributed by atoms with Crippen molar-refractivity contribution in [3.8, 4) is 0 Å². The molecule has 0 unspecified atom stereocenters. The van der Waals surface area contributed by atoms with Crippen molar-refractivity contribution in [3.05, 3.63) is 32.1 Å². The average Bonchev–Trinajstić information content (AvgIpc) is 3.40. The fourth-order valence-electron chi connectivity index (χ4n) is 3.43. The Morgan fingerprint density at radius 2 is 2.00 bits per heavy atom. The second-order valence-electron chi connectivity index (χ2n) is 8.28. The smallest absolute Gasteiger partial charge is 0.341 e. The van der Waals surface area contributed by atoms with Crippen molar-refractivity contribution in [2.75, 3.05) is 17.7 Å². The molecule has 0 radical (unpaired) electrons. The average molecular weight is 494 g/mol. The SMILES string of the molecule is CCOC(=O)c1c(NC(=O)CSc2nn3c(=O)c(C(C)(C)C)nnc3s2)sc2c1CCC2. The molecule has 3 aromatic heterocycles. The molecule has 0 aliphatic heterocycles. The van der Waals surface area contributed by atoms with Crippen molar-refractivity contribution in [2.24, 2.45) is 0 Å². The topological polar surface area (TPSA) is 116 Å². The Balaban J connectivity index is 1.48. The summed E-state index contributed by atoms with van der Waals surface area (Å²) in [5, 5.41) is 15.9. The molecule has 0 spiro atoms. The number of nitrogens with one attached hydrogen (secondary N) is 1. The largest absolute Gasteiger partial charge is 0.462 e. The predicted molar refractivity (Wildman–Crippen MR) is 125 cm³/mol. The third kappa shape index (κ3) is 4.44. The zero-order valence-electron chi connectivity index (χ0n) is 18.2. The van der Waals surface area contributed by atoms with Crippen LogP contribution in [-0.4, -0.2) is 44.0 Å². The molecule has 0 fully saturated rings.